The topological polar surface area (TPSA) is 9.23 Å². The van der Waals surface area contributed by atoms with Crippen LogP contribution in [0.3, 0.4) is 0 Å². The highest BCUT2D eigenvalue weighted by Crippen LogP contribution is 2.03. The minimum atomic E-state index is 0.862. The van der Waals surface area contributed by atoms with E-state index in [1.165, 1.54) is 24.8 Å². The van der Waals surface area contributed by atoms with Crippen LogP contribution in [0.2, 0.25) is 0 Å². The Labute approximate surface area is 87.1 Å². The van der Waals surface area contributed by atoms with Crippen molar-refractivity contribution in [1.29, 1.82) is 0 Å². The zero-order valence-corrected chi connectivity index (χ0v) is 8.91. The number of hydrogen-bond acceptors (Lipinski definition) is 1. The highest BCUT2D eigenvalue weighted by atomic mass is 16.5. The molecule has 0 saturated carbocycles. The predicted molar refractivity (Wildman–Crippen MR) is 59.9 cm³/mol. The molecule has 0 amide bonds. The monoisotopic (exact) mass is 191 g/mol. The number of unbranched alkanes of at least 4 members (excludes halogenated alkanes) is 2. The highest BCUT2D eigenvalue weighted by Gasteiger charge is 1.92. The molecule has 1 radical (unpaired) electrons. The summed E-state index contributed by atoms with van der Waals surface area (Å²) in [6.07, 6.45) is 4.59. The third kappa shape index (κ3) is 5.03. The molecule has 0 heterocycles. The summed E-state index contributed by atoms with van der Waals surface area (Å²) in [6.45, 7) is 4.97. The van der Waals surface area contributed by atoms with E-state index in [2.05, 4.69) is 31.2 Å². The van der Waals surface area contributed by atoms with Crippen molar-refractivity contribution in [2.75, 3.05) is 6.61 Å². The van der Waals surface area contributed by atoms with Crippen LogP contribution in [0.15, 0.2) is 30.3 Å². The minimum absolute atomic E-state index is 0.862. The van der Waals surface area contributed by atoms with Crippen LogP contribution in [0, 0.1) is 6.61 Å². The molecule has 0 saturated heterocycles. The van der Waals surface area contributed by atoms with E-state index in [0.29, 0.717) is 0 Å². The summed E-state index contributed by atoms with van der Waals surface area (Å²) < 4.78 is 5.41. The standard InChI is InChI=1S/C13H19O/c1-2-3-7-11-14-12-10-13-8-5-4-6-9-13/h4-6,8-9,12H,2-3,7,10-11H2,1H3. The zero-order valence-electron chi connectivity index (χ0n) is 8.91. The normalized spacial score (nSPS) is 10.4. The molecule has 1 rings (SSSR count). The Morgan fingerprint density at radius 3 is 2.64 bits per heavy atom. The van der Waals surface area contributed by atoms with Gasteiger partial charge >= 0.3 is 0 Å². The van der Waals surface area contributed by atoms with Crippen LogP contribution in [-0.4, -0.2) is 6.61 Å². The van der Waals surface area contributed by atoms with E-state index >= 15 is 0 Å². The summed E-state index contributed by atoms with van der Waals surface area (Å²) in [5, 5.41) is 0. The molecule has 0 spiro atoms. The Hall–Kier alpha value is -0.820. The van der Waals surface area contributed by atoms with Crippen molar-refractivity contribution < 1.29 is 4.74 Å². The summed E-state index contributed by atoms with van der Waals surface area (Å²) in [6, 6.07) is 10.4. The van der Waals surface area contributed by atoms with Gasteiger partial charge in [0.2, 0.25) is 0 Å². The molecule has 0 atom stereocenters. The van der Waals surface area contributed by atoms with Crippen LogP contribution in [-0.2, 0) is 11.2 Å². The fourth-order valence-corrected chi connectivity index (χ4v) is 1.29. The molecular weight excluding hydrogens is 172 g/mol. The van der Waals surface area contributed by atoms with Crippen LogP contribution in [0.25, 0.3) is 0 Å². The van der Waals surface area contributed by atoms with Crippen molar-refractivity contribution in [2.24, 2.45) is 0 Å². The van der Waals surface area contributed by atoms with Crippen molar-refractivity contribution in [2.45, 2.75) is 32.6 Å². The van der Waals surface area contributed by atoms with Crippen LogP contribution < -0.4 is 0 Å². The second-order valence-electron chi connectivity index (χ2n) is 3.43. The maximum absolute atomic E-state index is 5.41. The number of benzene rings is 1. The van der Waals surface area contributed by atoms with Gasteiger partial charge in [-0.25, -0.2) is 0 Å². The predicted octanol–water partition coefficient (Wildman–Crippen LogP) is 3.60. The van der Waals surface area contributed by atoms with Crippen molar-refractivity contribution >= 4 is 0 Å². The van der Waals surface area contributed by atoms with Crippen LogP contribution >= 0.6 is 0 Å². The molecule has 0 aliphatic carbocycles. The van der Waals surface area contributed by atoms with E-state index < -0.39 is 0 Å². The summed E-state index contributed by atoms with van der Waals surface area (Å²) >= 11 is 0. The summed E-state index contributed by atoms with van der Waals surface area (Å²) in [7, 11) is 0. The third-order valence-electron chi connectivity index (χ3n) is 2.15. The molecule has 0 aliphatic rings. The molecule has 77 valence electrons. The van der Waals surface area contributed by atoms with Crippen molar-refractivity contribution in [1.82, 2.24) is 0 Å². The van der Waals surface area contributed by atoms with Gasteiger partial charge in [-0.05, 0) is 12.0 Å². The maximum atomic E-state index is 5.41. The lowest BCUT2D eigenvalue weighted by Crippen LogP contribution is -1.94. The van der Waals surface area contributed by atoms with Crippen LogP contribution in [0.5, 0.6) is 0 Å². The van der Waals surface area contributed by atoms with Crippen molar-refractivity contribution in [3.05, 3.63) is 42.5 Å². The van der Waals surface area contributed by atoms with Crippen LogP contribution in [0.4, 0.5) is 0 Å². The minimum Gasteiger partial charge on any atom is -0.375 e. The van der Waals surface area contributed by atoms with Gasteiger partial charge in [0, 0.05) is 13.0 Å². The van der Waals surface area contributed by atoms with E-state index in [-0.39, 0.29) is 0 Å². The van der Waals surface area contributed by atoms with E-state index in [1.807, 2.05) is 12.7 Å². The Morgan fingerprint density at radius 2 is 1.93 bits per heavy atom. The Balaban J connectivity index is 1.99. The second-order valence-corrected chi connectivity index (χ2v) is 3.43. The fraction of sp³-hybridized carbons (Fsp3) is 0.462. The molecule has 1 heteroatoms. The van der Waals surface area contributed by atoms with E-state index in [1.54, 1.807) is 0 Å². The van der Waals surface area contributed by atoms with E-state index in [9.17, 15) is 0 Å². The number of hydrogen-bond donors (Lipinski definition) is 0. The quantitative estimate of drug-likeness (QED) is 0.598. The van der Waals surface area contributed by atoms with E-state index in [4.69, 9.17) is 4.74 Å². The van der Waals surface area contributed by atoms with Gasteiger partial charge in [-0.1, -0.05) is 50.1 Å². The highest BCUT2D eigenvalue weighted by molar-refractivity contribution is 5.15. The van der Waals surface area contributed by atoms with Crippen molar-refractivity contribution in [3.8, 4) is 0 Å². The van der Waals surface area contributed by atoms with E-state index in [0.717, 1.165) is 13.0 Å². The van der Waals surface area contributed by atoms with Gasteiger partial charge in [0.15, 0.2) is 0 Å². The molecule has 0 aliphatic heterocycles. The first kappa shape index (κ1) is 11.3. The molecule has 0 aromatic heterocycles. The first-order chi connectivity index (χ1) is 6.93. The van der Waals surface area contributed by atoms with Crippen LogP contribution in [0.1, 0.15) is 31.7 Å². The largest absolute Gasteiger partial charge is 0.375 e. The van der Waals surface area contributed by atoms with Gasteiger partial charge in [-0.15, -0.1) is 0 Å². The molecule has 1 aromatic rings. The lowest BCUT2D eigenvalue weighted by atomic mass is 10.2. The summed E-state index contributed by atoms with van der Waals surface area (Å²) in [4.78, 5) is 0. The lowest BCUT2D eigenvalue weighted by Gasteiger charge is -2.02. The van der Waals surface area contributed by atoms with Gasteiger partial charge in [0.25, 0.3) is 0 Å². The van der Waals surface area contributed by atoms with Crippen molar-refractivity contribution in [3.63, 3.8) is 0 Å². The first-order valence-electron chi connectivity index (χ1n) is 5.40. The van der Waals surface area contributed by atoms with Gasteiger partial charge in [-0.3, -0.25) is 0 Å². The number of rotatable bonds is 7. The number of ether oxygens (including phenoxy) is 1. The van der Waals surface area contributed by atoms with Gasteiger partial charge < -0.3 is 4.74 Å². The summed E-state index contributed by atoms with van der Waals surface area (Å²) in [5.41, 5.74) is 1.31. The molecule has 1 aromatic carbocycles. The average Bonchev–Trinajstić information content (AvgIpc) is 2.25. The third-order valence-corrected chi connectivity index (χ3v) is 2.15. The SMILES string of the molecule is CCCCCO[CH]Cc1ccccc1. The second kappa shape index (κ2) is 7.57. The molecule has 0 fully saturated rings. The first-order valence-corrected chi connectivity index (χ1v) is 5.40. The molecule has 0 unspecified atom stereocenters. The Morgan fingerprint density at radius 1 is 1.14 bits per heavy atom. The van der Waals surface area contributed by atoms with Gasteiger partial charge in [0.05, 0.1) is 6.61 Å². The van der Waals surface area contributed by atoms with Gasteiger partial charge in [-0.2, -0.15) is 0 Å². The lowest BCUT2D eigenvalue weighted by molar-refractivity contribution is 0.190. The maximum Gasteiger partial charge on any atom is 0.0880 e. The molecule has 1 nitrogen and oxygen atoms in total. The molecule has 0 bridgehead atoms. The molecule has 14 heavy (non-hydrogen) atoms. The Bertz CT molecular complexity index is 218. The molecule has 0 N–H and O–H groups in total. The molecular formula is C13H19O. The summed E-state index contributed by atoms with van der Waals surface area (Å²) in [5.74, 6) is 0. The smallest absolute Gasteiger partial charge is 0.0880 e. The Kier molecular flexibility index (Phi) is 6.09. The van der Waals surface area contributed by atoms with Gasteiger partial charge in [0.1, 0.15) is 0 Å². The zero-order chi connectivity index (χ0) is 10.1. The average molecular weight is 191 g/mol. The fourth-order valence-electron chi connectivity index (χ4n) is 1.29.